The standard InChI is InChI=1S/C14H20N2O2/c1-4-15-12-7-5-6-8-13(12)16(14(15)17)9-10-18-11(2)3/h5-8,11H,4,9-10H2,1-3H3. The Kier molecular flexibility index (Phi) is 3.87. The zero-order valence-corrected chi connectivity index (χ0v) is 11.2. The molecule has 0 aliphatic heterocycles. The van der Waals surface area contributed by atoms with Gasteiger partial charge in [0.25, 0.3) is 0 Å². The molecule has 0 unspecified atom stereocenters. The molecular weight excluding hydrogens is 228 g/mol. The second kappa shape index (κ2) is 5.40. The molecule has 18 heavy (non-hydrogen) atoms. The maximum Gasteiger partial charge on any atom is 0.329 e. The summed E-state index contributed by atoms with van der Waals surface area (Å²) in [6.45, 7) is 7.84. The highest BCUT2D eigenvalue weighted by Crippen LogP contribution is 2.12. The number of hydrogen-bond donors (Lipinski definition) is 0. The van der Waals surface area contributed by atoms with Gasteiger partial charge in [-0.1, -0.05) is 12.1 Å². The van der Waals surface area contributed by atoms with E-state index in [9.17, 15) is 4.79 Å². The van der Waals surface area contributed by atoms with Gasteiger partial charge < -0.3 is 4.74 Å². The van der Waals surface area contributed by atoms with Crippen molar-refractivity contribution in [1.82, 2.24) is 9.13 Å². The van der Waals surface area contributed by atoms with E-state index >= 15 is 0 Å². The van der Waals surface area contributed by atoms with Crippen molar-refractivity contribution < 1.29 is 4.74 Å². The van der Waals surface area contributed by atoms with Crippen molar-refractivity contribution in [3.05, 3.63) is 34.7 Å². The van der Waals surface area contributed by atoms with E-state index in [1.165, 1.54) is 0 Å². The number of aryl methyl sites for hydroxylation is 1. The number of aromatic nitrogens is 2. The van der Waals surface area contributed by atoms with Crippen molar-refractivity contribution in [3.8, 4) is 0 Å². The zero-order chi connectivity index (χ0) is 13.1. The highest BCUT2D eigenvalue weighted by molar-refractivity contribution is 5.75. The van der Waals surface area contributed by atoms with E-state index in [0.717, 1.165) is 11.0 Å². The van der Waals surface area contributed by atoms with E-state index in [4.69, 9.17) is 4.74 Å². The lowest BCUT2D eigenvalue weighted by atomic mass is 10.3. The molecular formula is C14H20N2O2. The van der Waals surface area contributed by atoms with Gasteiger partial charge in [-0.15, -0.1) is 0 Å². The minimum atomic E-state index is 0.0473. The van der Waals surface area contributed by atoms with Gasteiger partial charge in [-0.25, -0.2) is 4.79 Å². The van der Waals surface area contributed by atoms with Crippen molar-refractivity contribution in [2.75, 3.05) is 6.61 Å². The second-order valence-electron chi connectivity index (χ2n) is 4.59. The molecule has 4 heteroatoms. The molecule has 2 aromatic rings. The third-order valence-corrected chi connectivity index (χ3v) is 3.01. The Morgan fingerprint density at radius 3 is 2.33 bits per heavy atom. The third-order valence-electron chi connectivity index (χ3n) is 3.01. The average Bonchev–Trinajstić information content (AvgIpc) is 2.62. The molecule has 0 spiro atoms. The van der Waals surface area contributed by atoms with Crippen molar-refractivity contribution in [2.45, 2.75) is 40.0 Å². The molecule has 0 radical (unpaired) electrons. The smallest absolute Gasteiger partial charge is 0.329 e. The molecule has 0 fully saturated rings. The van der Waals surface area contributed by atoms with E-state index in [0.29, 0.717) is 19.7 Å². The molecule has 0 aliphatic rings. The van der Waals surface area contributed by atoms with E-state index in [-0.39, 0.29) is 11.8 Å². The highest BCUT2D eigenvalue weighted by atomic mass is 16.5. The number of hydrogen-bond acceptors (Lipinski definition) is 2. The lowest BCUT2D eigenvalue weighted by Crippen LogP contribution is -2.25. The number of ether oxygens (including phenoxy) is 1. The molecule has 1 aromatic carbocycles. The number of fused-ring (bicyclic) bond motifs is 1. The normalized spacial score (nSPS) is 11.6. The Morgan fingerprint density at radius 2 is 1.78 bits per heavy atom. The number of nitrogens with zero attached hydrogens (tertiary/aromatic N) is 2. The van der Waals surface area contributed by atoms with Crippen LogP contribution in [-0.4, -0.2) is 21.8 Å². The van der Waals surface area contributed by atoms with Crippen molar-refractivity contribution in [3.63, 3.8) is 0 Å². The van der Waals surface area contributed by atoms with E-state index < -0.39 is 0 Å². The van der Waals surface area contributed by atoms with Gasteiger partial charge in [-0.2, -0.15) is 0 Å². The van der Waals surface area contributed by atoms with Crippen LogP contribution < -0.4 is 5.69 Å². The molecule has 0 saturated carbocycles. The first-order valence-electron chi connectivity index (χ1n) is 6.44. The molecule has 0 saturated heterocycles. The minimum Gasteiger partial charge on any atom is -0.377 e. The number of para-hydroxylation sites is 2. The minimum absolute atomic E-state index is 0.0473. The molecule has 1 aromatic heterocycles. The summed E-state index contributed by atoms with van der Waals surface area (Å²) < 4.78 is 9.11. The van der Waals surface area contributed by atoms with Crippen molar-refractivity contribution in [1.29, 1.82) is 0 Å². The maximum atomic E-state index is 12.3. The Hall–Kier alpha value is -1.55. The summed E-state index contributed by atoms with van der Waals surface area (Å²) in [7, 11) is 0. The van der Waals surface area contributed by atoms with Gasteiger partial charge in [0.15, 0.2) is 0 Å². The summed E-state index contributed by atoms with van der Waals surface area (Å²) in [5.41, 5.74) is 2.03. The van der Waals surface area contributed by atoms with Crippen LogP contribution in [0.3, 0.4) is 0 Å². The SMILES string of the molecule is CCn1c(=O)n(CCOC(C)C)c2ccccc21. The largest absolute Gasteiger partial charge is 0.377 e. The predicted molar refractivity (Wildman–Crippen MR) is 73.0 cm³/mol. The van der Waals surface area contributed by atoms with E-state index in [2.05, 4.69) is 0 Å². The lowest BCUT2D eigenvalue weighted by Gasteiger charge is -2.07. The molecule has 0 aliphatic carbocycles. The summed E-state index contributed by atoms with van der Waals surface area (Å²) in [6, 6.07) is 7.89. The van der Waals surface area contributed by atoms with Crippen molar-refractivity contribution >= 4 is 11.0 Å². The summed E-state index contributed by atoms with van der Waals surface area (Å²) in [4.78, 5) is 12.3. The fourth-order valence-electron chi connectivity index (χ4n) is 2.17. The number of benzene rings is 1. The quantitative estimate of drug-likeness (QED) is 0.813. The average molecular weight is 248 g/mol. The summed E-state index contributed by atoms with van der Waals surface area (Å²) in [6.07, 6.45) is 0.195. The van der Waals surface area contributed by atoms with Crippen LogP contribution in [0.2, 0.25) is 0 Å². The van der Waals surface area contributed by atoms with Crippen LogP contribution in [0, 0.1) is 0 Å². The predicted octanol–water partition coefficient (Wildman–Crippen LogP) is 2.25. The van der Waals surface area contributed by atoms with Gasteiger partial charge in [0, 0.05) is 6.54 Å². The molecule has 2 rings (SSSR count). The van der Waals surface area contributed by atoms with Gasteiger partial charge >= 0.3 is 5.69 Å². The summed E-state index contributed by atoms with van der Waals surface area (Å²) in [5.74, 6) is 0. The van der Waals surface area contributed by atoms with Gasteiger partial charge in [-0.05, 0) is 32.9 Å². The van der Waals surface area contributed by atoms with Crippen LogP contribution in [-0.2, 0) is 17.8 Å². The molecule has 0 amide bonds. The van der Waals surface area contributed by atoms with Crippen LogP contribution in [0.25, 0.3) is 11.0 Å². The van der Waals surface area contributed by atoms with Gasteiger partial charge in [0.05, 0.1) is 30.3 Å². The zero-order valence-electron chi connectivity index (χ0n) is 11.2. The van der Waals surface area contributed by atoms with Crippen LogP contribution >= 0.6 is 0 Å². The third kappa shape index (κ3) is 2.34. The summed E-state index contributed by atoms with van der Waals surface area (Å²) >= 11 is 0. The lowest BCUT2D eigenvalue weighted by molar-refractivity contribution is 0.0727. The van der Waals surface area contributed by atoms with Gasteiger partial charge in [0.1, 0.15) is 0 Å². The first-order valence-corrected chi connectivity index (χ1v) is 6.44. The van der Waals surface area contributed by atoms with Crippen molar-refractivity contribution in [2.24, 2.45) is 0 Å². The van der Waals surface area contributed by atoms with E-state index in [1.54, 1.807) is 9.13 Å². The first kappa shape index (κ1) is 12.9. The number of imidazole rings is 1. The fraction of sp³-hybridized carbons (Fsp3) is 0.500. The molecule has 1 heterocycles. The Labute approximate surface area is 107 Å². The molecule has 98 valence electrons. The van der Waals surface area contributed by atoms with Gasteiger partial charge in [-0.3, -0.25) is 9.13 Å². The second-order valence-corrected chi connectivity index (χ2v) is 4.59. The van der Waals surface area contributed by atoms with Crippen LogP contribution in [0.4, 0.5) is 0 Å². The fourth-order valence-corrected chi connectivity index (χ4v) is 2.17. The van der Waals surface area contributed by atoms with Crippen LogP contribution in [0.1, 0.15) is 20.8 Å². The molecule has 4 nitrogen and oxygen atoms in total. The van der Waals surface area contributed by atoms with E-state index in [1.807, 2.05) is 45.0 Å². The Bertz CT molecular complexity index is 581. The van der Waals surface area contributed by atoms with Crippen LogP contribution in [0.5, 0.6) is 0 Å². The molecule has 0 atom stereocenters. The topological polar surface area (TPSA) is 36.2 Å². The first-order chi connectivity index (χ1) is 8.65. The molecule has 0 bridgehead atoms. The van der Waals surface area contributed by atoms with Gasteiger partial charge in [0.2, 0.25) is 0 Å². The Balaban J connectivity index is 2.37. The monoisotopic (exact) mass is 248 g/mol. The highest BCUT2D eigenvalue weighted by Gasteiger charge is 2.10. The van der Waals surface area contributed by atoms with Crippen LogP contribution in [0.15, 0.2) is 29.1 Å². The molecule has 0 N–H and O–H groups in total. The summed E-state index contributed by atoms with van der Waals surface area (Å²) in [5, 5.41) is 0. The maximum absolute atomic E-state index is 12.3. The number of rotatable bonds is 5. The Morgan fingerprint density at radius 1 is 1.17 bits per heavy atom.